The number of amides is 1. The molecule has 0 bridgehead atoms. The van der Waals surface area contributed by atoms with Crippen LogP contribution in [0.2, 0.25) is 0 Å². The fourth-order valence-electron chi connectivity index (χ4n) is 4.68. The summed E-state index contributed by atoms with van der Waals surface area (Å²) in [5.74, 6) is 0.390. The third kappa shape index (κ3) is 4.98. The lowest BCUT2D eigenvalue weighted by Gasteiger charge is -2.31. The van der Waals surface area contributed by atoms with Gasteiger partial charge in [-0.2, -0.15) is 14.1 Å². The number of ether oxygens (including phenoxy) is 1. The number of nitrogens with zero attached hydrogens (tertiary/aromatic N) is 4. The lowest BCUT2D eigenvalue weighted by molar-refractivity contribution is -0.120. The van der Waals surface area contributed by atoms with Gasteiger partial charge in [0, 0.05) is 19.2 Å². The summed E-state index contributed by atoms with van der Waals surface area (Å²) < 4.78 is 35.7. The molecule has 1 saturated heterocycles. The van der Waals surface area contributed by atoms with E-state index in [-0.39, 0.29) is 17.3 Å². The van der Waals surface area contributed by atoms with E-state index in [9.17, 15) is 13.2 Å². The molecule has 1 aliphatic heterocycles. The fourth-order valence-corrected chi connectivity index (χ4v) is 7.31. The van der Waals surface area contributed by atoms with Gasteiger partial charge in [0.25, 0.3) is 0 Å². The highest BCUT2D eigenvalue weighted by Gasteiger charge is 2.34. The van der Waals surface area contributed by atoms with Crippen molar-refractivity contribution < 1.29 is 17.9 Å². The first-order chi connectivity index (χ1) is 17.7. The summed E-state index contributed by atoms with van der Waals surface area (Å²) in [6, 6.07) is 12.3. The van der Waals surface area contributed by atoms with E-state index in [1.807, 2.05) is 13.8 Å². The van der Waals surface area contributed by atoms with Crippen LogP contribution in [0.1, 0.15) is 29.7 Å². The first-order valence-corrected chi connectivity index (χ1v) is 14.3. The summed E-state index contributed by atoms with van der Waals surface area (Å²) in [5, 5.41) is 8.22. The normalized spacial score (nSPS) is 16.7. The SMILES string of the molecule is COc1ccc(S(=O)(=O)N2CCCC(C(=O)Nc3cc(C)nn3-c3nc4c(C)cc(C)cc4s3)C2)cc1. The highest BCUT2D eigenvalue weighted by molar-refractivity contribution is 7.89. The van der Waals surface area contributed by atoms with Crippen molar-refractivity contribution in [1.82, 2.24) is 19.1 Å². The van der Waals surface area contributed by atoms with Crippen molar-refractivity contribution in [3.05, 3.63) is 59.3 Å². The quantitative estimate of drug-likeness (QED) is 0.388. The number of methoxy groups -OCH3 is 1. The molecule has 4 aromatic rings. The summed E-state index contributed by atoms with van der Waals surface area (Å²) in [5.41, 5.74) is 3.92. The van der Waals surface area contributed by atoms with Crippen molar-refractivity contribution in [2.75, 3.05) is 25.5 Å². The van der Waals surface area contributed by atoms with Crippen LogP contribution in [-0.4, -0.2) is 53.6 Å². The van der Waals surface area contributed by atoms with Crippen LogP contribution in [0, 0.1) is 26.7 Å². The van der Waals surface area contributed by atoms with Crippen molar-refractivity contribution in [1.29, 1.82) is 0 Å². The number of benzene rings is 2. The molecular weight excluding hydrogens is 510 g/mol. The maximum absolute atomic E-state index is 13.3. The first-order valence-electron chi connectivity index (χ1n) is 12.1. The molecule has 0 spiro atoms. The van der Waals surface area contributed by atoms with Crippen molar-refractivity contribution in [2.45, 2.75) is 38.5 Å². The molecule has 1 N–H and O–H groups in total. The Kier molecular flexibility index (Phi) is 6.78. The van der Waals surface area contributed by atoms with Gasteiger partial charge in [0.1, 0.15) is 11.6 Å². The zero-order valence-electron chi connectivity index (χ0n) is 21.2. The van der Waals surface area contributed by atoms with Crippen molar-refractivity contribution in [3.8, 4) is 10.9 Å². The number of hydrogen-bond acceptors (Lipinski definition) is 7. The van der Waals surface area contributed by atoms with Crippen LogP contribution in [0.15, 0.2) is 47.4 Å². The second-order valence-electron chi connectivity index (χ2n) is 9.37. The summed E-state index contributed by atoms with van der Waals surface area (Å²) in [7, 11) is -2.19. The number of thiazole rings is 1. The minimum absolute atomic E-state index is 0.118. The van der Waals surface area contributed by atoms with Gasteiger partial charge in [-0.1, -0.05) is 17.4 Å². The van der Waals surface area contributed by atoms with E-state index in [2.05, 4.69) is 29.5 Å². The predicted molar refractivity (Wildman–Crippen MR) is 144 cm³/mol. The van der Waals surface area contributed by atoms with E-state index in [0.717, 1.165) is 27.0 Å². The van der Waals surface area contributed by atoms with E-state index < -0.39 is 15.9 Å². The fraction of sp³-hybridized carbons (Fsp3) is 0.346. The molecule has 194 valence electrons. The van der Waals surface area contributed by atoms with Crippen LogP contribution < -0.4 is 10.1 Å². The molecule has 0 radical (unpaired) electrons. The number of aryl methyl sites for hydroxylation is 3. The second kappa shape index (κ2) is 9.88. The van der Waals surface area contributed by atoms with E-state index >= 15 is 0 Å². The number of carbonyl (C=O) groups excluding carboxylic acids is 1. The molecule has 0 saturated carbocycles. The molecule has 5 rings (SSSR count). The van der Waals surface area contributed by atoms with Crippen molar-refractivity contribution >= 4 is 43.3 Å². The Hall–Kier alpha value is -3.28. The highest BCUT2D eigenvalue weighted by Crippen LogP contribution is 2.31. The van der Waals surface area contributed by atoms with Gasteiger partial charge in [-0.3, -0.25) is 4.79 Å². The number of sulfonamides is 1. The topological polar surface area (TPSA) is 106 Å². The maximum atomic E-state index is 13.3. The van der Waals surface area contributed by atoms with Gasteiger partial charge in [0.2, 0.25) is 21.1 Å². The summed E-state index contributed by atoms with van der Waals surface area (Å²) >= 11 is 1.51. The maximum Gasteiger partial charge on any atom is 0.243 e. The number of hydrogen-bond donors (Lipinski definition) is 1. The molecule has 2 aromatic heterocycles. The van der Waals surface area contributed by atoms with E-state index in [0.29, 0.717) is 36.1 Å². The monoisotopic (exact) mass is 539 g/mol. The number of piperidine rings is 1. The third-order valence-corrected chi connectivity index (χ3v) is 9.39. The Bertz CT molecular complexity index is 1570. The van der Waals surface area contributed by atoms with Crippen LogP contribution in [0.25, 0.3) is 15.3 Å². The number of rotatable bonds is 6. The lowest BCUT2D eigenvalue weighted by Crippen LogP contribution is -2.43. The molecule has 9 nitrogen and oxygen atoms in total. The minimum atomic E-state index is -3.72. The number of nitrogens with one attached hydrogen (secondary N) is 1. The Morgan fingerprint density at radius 2 is 1.89 bits per heavy atom. The van der Waals surface area contributed by atoms with Gasteiger partial charge < -0.3 is 10.1 Å². The molecule has 3 heterocycles. The standard InChI is InChI=1S/C26H29N5O4S2/c1-16-12-17(2)24-22(13-16)36-26(28-24)31-23(14-18(3)29-31)27-25(32)19-6-5-11-30(15-19)37(33,34)21-9-7-20(35-4)8-10-21/h7-10,12-14,19H,5-6,11,15H2,1-4H3,(H,27,32). The average Bonchev–Trinajstić information content (AvgIpc) is 3.47. The smallest absolute Gasteiger partial charge is 0.243 e. The van der Waals surface area contributed by atoms with Crippen LogP contribution in [0.3, 0.4) is 0 Å². The van der Waals surface area contributed by atoms with Gasteiger partial charge >= 0.3 is 0 Å². The molecular formula is C26H29N5O4S2. The van der Waals surface area contributed by atoms with Crippen molar-refractivity contribution in [3.63, 3.8) is 0 Å². The molecule has 11 heteroatoms. The van der Waals surface area contributed by atoms with E-state index in [1.165, 1.54) is 34.9 Å². The van der Waals surface area contributed by atoms with Crippen LogP contribution in [0.4, 0.5) is 5.82 Å². The minimum Gasteiger partial charge on any atom is -0.497 e. The number of anilines is 1. The molecule has 1 atom stereocenters. The summed E-state index contributed by atoms with van der Waals surface area (Å²) in [6.07, 6.45) is 1.20. The Labute approximate surface area is 220 Å². The molecule has 1 aliphatic rings. The first kappa shape index (κ1) is 25.4. The lowest BCUT2D eigenvalue weighted by atomic mass is 9.99. The molecule has 0 aliphatic carbocycles. The van der Waals surface area contributed by atoms with Crippen molar-refractivity contribution in [2.24, 2.45) is 5.92 Å². The van der Waals surface area contributed by atoms with Gasteiger partial charge in [0.05, 0.1) is 33.8 Å². The summed E-state index contributed by atoms with van der Waals surface area (Å²) in [6.45, 7) is 6.44. The summed E-state index contributed by atoms with van der Waals surface area (Å²) in [4.78, 5) is 18.3. The van der Waals surface area contributed by atoms with Gasteiger partial charge in [-0.05, 0) is 75.1 Å². The second-order valence-corrected chi connectivity index (χ2v) is 12.3. The molecule has 1 unspecified atom stereocenters. The highest BCUT2D eigenvalue weighted by atomic mass is 32.2. The van der Waals surface area contributed by atoms with Crippen LogP contribution in [0.5, 0.6) is 5.75 Å². The van der Waals surface area contributed by atoms with E-state index in [1.54, 1.807) is 22.9 Å². The molecule has 1 amide bonds. The largest absolute Gasteiger partial charge is 0.497 e. The number of aromatic nitrogens is 3. The van der Waals surface area contributed by atoms with Crippen LogP contribution >= 0.6 is 11.3 Å². The molecule has 1 fully saturated rings. The molecule has 37 heavy (non-hydrogen) atoms. The predicted octanol–water partition coefficient (Wildman–Crippen LogP) is 4.46. The zero-order valence-corrected chi connectivity index (χ0v) is 22.8. The average molecular weight is 540 g/mol. The number of fused-ring (bicyclic) bond motifs is 1. The Balaban J connectivity index is 1.36. The Morgan fingerprint density at radius 3 is 2.62 bits per heavy atom. The molecule has 2 aromatic carbocycles. The Morgan fingerprint density at radius 1 is 1.14 bits per heavy atom. The zero-order chi connectivity index (χ0) is 26.3. The van der Waals surface area contributed by atoms with Gasteiger partial charge in [0.15, 0.2) is 0 Å². The third-order valence-electron chi connectivity index (χ3n) is 6.53. The van der Waals surface area contributed by atoms with Crippen LogP contribution in [-0.2, 0) is 14.8 Å². The van der Waals surface area contributed by atoms with Gasteiger partial charge in [-0.25, -0.2) is 13.4 Å². The number of carbonyl (C=O) groups is 1. The van der Waals surface area contributed by atoms with Gasteiger partial charge in [-0.15, -0.1) is 0 Å². The van der Waals surface area contributed by atoms with E-state index in [4.69, 9.17) is 9.72 Å².